The van der Waals surface area contributed by atoms with E-state index < -0.39 is 0 Å². The van der Waals surface area contributed by atoms with Gasteiger partial charge >= 0.3 is 0 Å². The molecule has 3 aromatic heterocycles. The van der Waals surface area contributed by atoms with Gasteiger partial charge in [-0.1, -0.05) is 17.7 Å². The van der Waals surface area contributed by atoms with Gasteiger partial charge in [0.25, 0.3) is 5.91 Å². The Labute approximate surface area is 159 Å². The third-order valence-electron chi connectivity index (χ3n) is 3.99. The summed E-state index contributed by atoms with van der Waals surface area (Å²) in [5.74, 6) is -0.150. The zero-order valence-electron chi connectivity index (χ0n) is 13.6. The van der Waals surface area contributed by atoms with E-state index >= 15 is 0 Å². The molecule has 0 aliphatic carbocycles. The van der Waals surface area contributed by atoms with Crippen LogP contribution in [0.3, 0.4) is 0 Å². The minimum Gasteiger partial charge on any atom is -0.347 e. The smallest absolute Gasteiger partial charge is 0.252 e. The fourth-order valence-corrected chi connectivity index (χ4v) is 3.55. The summed E-state index contributed by atoms with van der Waals surface area (Å²) < 4.78 is 0. The lowest BCUT2D eigenvalue weighted by Gasteiger charge is -2.10. The van der Waals surface area contributed by atoms with Crippen molar-refractivity contribution in [2.24, 2.45) is 0 Å². The second kappa shape index (κ2) is 7.23. The van der Waals surface area contributed by atoms with Crippen LogP contribution >= 0.6 is 22.9 Å². The first kappa shape index (κ1) is 16.7. The van der Waals surface area contributed by atoms with Gasteiger partial charge in [0.1, 0.15) is 0 Å². The molecule has 1 N–H and O–H groups in total. The second-order valence-electron chi connectivity index (χ2n) is 5.71. The Bertz CT molecular complexity index is 1070. The zero-order chi connectivity index (χ0) is 17.9. The van der Waals surface area contributed by atoms with Gasteiger partial charge < -0.3 is 5.32 Å². The number of benzene rings is 1. The first-order valence-electron chi connectivity index (χ1n) is 8.02. The molecule has 4 rings (SSSR count). The van der Waals surface area contributed by atoms with Crippen molar-refractivity contribution in [1.82, 2.24) is 15.3 Å². The Balaban J connectivity index is 1.77. The van der Waals surface area contributed by atoms with E-state index in [0.29, 0.717) is 17.1 Å². The highest BCUT2D eigenvalue weighted by Gasteiger charge is 2.14. The molecular formula is C20H14ClN3OS. The van der Waals surface area contributed by atoms with Gasteiger partial charge in [-0.2, -0.15) is 0 Å². The fourth-order valence-electron chi connectivity index (χ4n) is 2.73. The molecule has 0 aliphatic heterocycles. The van der Waals surface area contributed by atoms with Crippen LogP contribution in [0.5, 0.6) is 0 Å². The number of carbonyl (C=O) groups excluding carboxylic acids is 1. The molecule has 0 fully saturated rings. The molecule has 3 heterocycles. The van der Waals surface area contributed by atoms with Gasteiger partial charge in [0.2, 0.25) is 0 Å². The first-order chi connectivity index (χ1) is 12.7. The molecule has 0 saturated heterocycles. The van der Waals surface area contributed by atoms with Crippen LogP contribution in [-0.2, 0) is 6.54 Å². The van der Waals surface area contributed by atoms with Gasteiger partial charge in [0.05, 0.1) is 23.3 Å². The zero-order valence-corrected chi connectivity index (χ0v) is 15.2. The summed E-state index contributed by atoms with van der Waals surface area (Å²) in [6.07, 6.45) is 3.42. The monoisotopic (exact) mass is 379 g/mol. The van der Waals surface area contributed by atoms with Crippen LogP contribution in [0.4, 0.5) is 0 Å². The number of carbonyl (C=O) groups is 1. The summed E-state index contributed by atoms with van der Waals surface area (Å²) in [5.41, 5.74) is 2.92. The fraction of sp³-hybridized carbons (Fsp3) is 0.0500. The number of pyridine rings is 2. The summed E-state index contributed by atoms with van der Waals surface area (Å²) in [4.78, 5) is 22.7. The predicted octanol–water partition coefficient (Wildman–Crippen LogP) is 4.94. The molecule has 0 unspecified atom stereocenters. The number of halogens is 1. The Kier molecular flexibility index (Phi) is 4.65. The number of thiophene rings is 1. The molecule has 0 bridgehead atoms. The third kappa shape index (κ3) is 3.45. The lowest BCUT2D eigenvalue weighted by atomic mass is 10.0. The Morgan fingerprint density at radius 1 is 1.12 bits per heavy atom. The molecule has 1 aromatic carbocycles. The van der Waals surface area contributed by atoms with Crippen LogP contribution in [0.15, 0.2) is 66.3 Å². The average molecular weight is 380 g/mol. The Morgan fingerprint density at radius 2 is 1.96 bits per heavy atom. The highest BCUT2D eigenvalue weighted by atomic mass is 35.5. The maximum atomic E-state index is 12.9. The molecule has 26 heavy (non-hydrogen) atoms. The minimum absolute atomic E-state index is 0.150. The lowest BCUT2D eigenvalue weighted by molar-refractivity contribution is 0.0953. The van der Waals surface area contributed by atoms with Crippen molar-refractivity contribution in [3.63, 3.8) is 0 Å². The van der Waals surface area contributed by atoms with E-state index in [1.165, 1.54) is 0 Å². The number of fused-ring (bicyclic) bond motifs is 1. The molecule has 0 spiro atoms. The minimum atomic E-state index is -0.150. The molecule has 4 aromatic rings. The summed E-state index contributed by atoms with van der Waals surface area (Å²) >= 11 is 7.76. The summed E-state index contributed by atoms with van der Waals surface area (Å²) in [6.45, 7) is 0.492. The maximum Gasteiger partial charge on any atom is 0.252 e. The van der Waals surface area contributed by atoms with E-state index in [2.05, 4.69) is 15.3 Å². The van der Waals surface area contributed by atoms with Gasteiger partial charge in [-0.05, 0) is 47.8 Å². The van der Waals surface area contributed by atoms with Crippen LogP contribution in [0, 0.1) is 0 Å². The van der Waals surface area contributed by atoms with Gasteiger partial charge in [0.15, 0.2) is 0 Å². The summed E-state index contributed by atoms with van der Waals surface area (Å²) in [5, 5.41) is 6.28. The molecule has 0 atom stereocenters. The number of aromatic nitrogens is 2. The number of nitrogens with one attached hydrogen (secondary N) is 1. The molecule has 1 amide bonds. The third-order valence-corrected chi connectivity index (χ3v) is 5.11. The quantitative estimate of drug-likeness (QED) is 0.546. The van der Waals surface area contributed by atoms with Crippen LogP contribution in [0.2, 0.25) is 5.02 Å². The lowest BCUT2D eigenvalue weighted by Crippen LogP contribution is -2.22. The summed E-state index contributed by atoms with van der Waals surface area (Å²) in [7, 11) is 0. The van der Waals surface area contributed by atoms with Crippen molar-refractivity contribution in [2.45, 2.75) is 6.54 Å². The molecule has 0 radical (unpaired) electrons. The Hall–Kier alpha value is -2.76. The number of hydrogen-bond donors (Lipinski definition) is 1. The molecule has 128 valence electrons. The van der Waals surface area contributed by atoms with Gasteiger partial charge in [0, 0.05) is 33.2 Å². The van der Waals surface area contributed by atoms with Crippen molar-refractivity contribution >= 4 is 39.7 Å². The van der Waals surface area contributed by atoms with Crippen molar-refractivity contribution in [2.75, 3.05) is 0 Å². The molecule has 6 heteroatoms. The first-order valence-corrected chi connectivity index (χ1v) is 9.28. The van der Waals surface area contributed by atoms with Crippen LogP contribution < -0.4 is 5.32 Å². The van der Waals surface area contributed by atoms with E-state index in [1.807, 2.05) is 35.7 Å². The van der Waals surface area contributed by atoms with E-state index in [0.717, 1.165) is 27.0 Å². The second-order valence-corrected chi connectivity index (χ2v) is 7.18. The van der Waals surface area contributed by atoms with Gasteiger partial charge in [-0.25, -0.2) is 4.98 Å². The Morgan fingerprint density at radius 3 is 2.73 bits per heavy atom. The van der Waals surface area contributed by atoms with E-state index in [4.69, 9.17) is 11.6 Å². The van der Waals surface area contributed by atoms with Crippen LogP contribution in [-0.4, -0.2) is 15.9 Å². The average Bonchev–Trinajstić information content (AvgIpc) is 3.19. The number of amides is 1. The normalized spacial score (nSPS) is 10.8. The molecular weight excluding hydrogens is 366 g/mol. The van der Waals surface area contributed by atoms with Crippen molar-refractivity contribution in [1.29, 1.82) is 0 Å². The van der Waals surface area contributed by atoms with Crippen molar-refractivity contribution in [3.05, 3.63) is 81.8 Å². The van der Waals surface area contributed by atoms with Crippen LogP contribution in [0.25, 0.3) is 22.2 Å². The maximum absolute atomic E-state index is 12.9. The number of nitrogens with zero attached hydrogens (tertiary/aromatic N) is 2. The van der Waals surface area contributed by atoms with E-state index in [-0.39, 0.29) is 5.91 Å². The predicted molar refractivity (Wildman–Crippen MR) is 105 cm³/mol. The van der Waals surface area contributed by atoms with Crippen LogP contribution in [0.1, 0.15) is 15.2 Å². The van der Waals surface area contributed by atoms with Gasteiger partial charge in [-0.15, -0.1) is 11.3 Å². The highest BCUT2D eigenvalue weighted by Crippen LogP contribution is 2.27. The molecule has 4 nitrogen and oxygen atoms in total. The van der Waals surface area contributed by atoms with Gasteiger partial charge in [-0.3, -0.25) is 9.78 Å². The SMILES string of the molecule is O=C(NCc1cccs1)c1cc(-c2ccncc2)nc2ccc(Cl)cc12. The standard InChI is InChI=1S/C20H14ClN3OS/c21-14-3-4-18-16(10-14)17(20(25)23-12-15-2-1-9-26-15)11-19(24-18)13-5-7-22-8-6-13/h1-11H,12H2,(H,23,25). The number of hydrogen-bond acceptors (Lipinski definition) is 4. The summed E-state index contributed by atoms with van der Waals surface area (Å²) in [6, 6.07) is 14.9. The molecule has 0 aliphatic rings. The topological polar surface area (TPSA) is 54.9 Å². The highest BCUT2D eigenvalue weighted by molar-refractivity contribution is 7.09. The largest absolute Gasteiger partial charge is 0.347 e. The number of rotatable bonds is 4. The van der Waals surface area contributed by atoms with E-state index in [1.54, 1.807) is 41.9 Å². The van der Waals surface area contributed by atoms with Crippen molar-refractivity contribution in [3.8, 4) is 11.3 Å². The van der Waals surface area contributed by atoms with E-state index in [9.17, 15) is 4.79 Å². The molecule has 0 saturated carbocycles. The van der Waals surface area contributed by atoms with Crippen molar-refractivity contribution < 1.29 is 4.79 Å².